The zero-order chi connectivity index (χ0) is 19.6. The van der Waals surface area contributed by atoms with E-state index in [-0.39, 0.29) is 18.1 Å². The van der Waals surface area contributed by atoms with Crippen molar-refractivity contribution in [2.24, 2.45) is 0 Å². The molecule has 2 rings (SSSR count). The monoisotopic (exact) mass is 408 g/mol. The van der Waals surface area contributed by atoms with Gasteiger partial charge in [0.25, 0.3) is 0 Å². The molecule has 1 unspecified atom stereocenters. The molecule has 27 heavy (non-hydrogen) atoms. The normalized spacial score (nSPS) is 11.4. The van der Waals surface area contributed by atoms with Gasteiger partial charge in [0.05, 0.1) is 0 Å². The summed E-state index contributed by atoms with van der Waals surface area (Å²) in [5.41, 5.74) is 1.32. The second kappa shape index (κ2) is 10.6. The Morgan fingerprint density at radius 3 is 1.81 bits per heavy atom. The molecule has 0 aromatic heterocycles. The van der Waals surface area contributed by atoms with Gasteiger partial charge in [0.1, 0.15) is 0 Å². The van der Waals surface area contributed by atoms with Crippen molar-refractivity contribution < 1.29 is 9.59 Å². The molecule has 0 aliphatic heterocycles. The predicted octanol–water partition coefficient (Wildman–Crippen LogP) is 5.11. The lowest BCUT2D eigenvalue weighted by molar-refractivity contribution is 0.246. The highest BCUT2D eigenvalue weighted by atomic mass is 35.5. The first-order chi connectivity index (χ1) is 13.0. The number of carbonyl (C=O) groups is 2. The van der Waals surface area contributed by atoms with Crippen molar-refractivity contribution in [3.05, 3.63) is 58.6 Å². The van der Waals surface area contributed by atoms with Crippen LogP contribution in [0.25, 0.3) is 0 Å². The van der Waals surface area contributed by atoms with Gasteiger partial charge in [-0.05, 0) is 61.4 Å². The quantitative estimate of drug-likeness (QED) is 0.513. The lowest BCUT2D eigenvalue weighted by Gasteiger charge is -2.18. The third-order valence-electron chi connectivity index (χ3n) is 3.81. The predicted molar refractivity (Wildman–Crippen MR) is 111 cm³/mol. The summed E-state index contributed by atoms with van der Waals surface area (Å²) in [6.07, 6.45) is 1.35. The SMILES string of the molecule is CCC(CCNC(=O)Nc1ccc(Cl)cc1)NC(=O)Nc1ccc(Cl)cc1. The maximum atomic E-state index is 12.1. The molecule has 2 aromatic rings. The Labute approximate surface area is 168 Å². The van der Waals surface area contributed by atoms with E-state index in [1.165, 1.54) is 0 Å². The molecular formula is C19H22Cl2N4O2. The Balaban J connectivity index is 1.71. The van der Waals surface area contributed by atoms with E-state index < -0.39 is 0 Å². The second-order valence-corrected chi connectivity index (χ2v) is 6.76. The van der Waals surface area contributed by atoms with Crippen LogP contribution in [-0.4, -0.2) is 24.6 Å². The Bertz CT molecular complexity index is 751. The van der Waals surface area contributed by atoms with E-state index in [0.29, 0.717) is 34.4 Å². The Kier molecular flexibility index (Phi) is 8.23. The summed E-state index contributed by atoms with van der Waals surface area (Å²) in [6, 6.07) is 13.0. The van der Waals surface area contributed by atoms with Gasteiger partial charge in [-0.1, -0.05) is 30.1 Å². The number of anilines is 2. The van der Waals surface area contributed by atoms with E-state index in [1.54, 1.807) is 48.5 Å². The number of hydrogen-bond acceptors (Lipinski definition) is 2. The fourth-order valence-electron chi connectivity index (χ4n) is 2.33. The number of urea groups is 2. The minimum Gasteiger partial charge on any atom is -0.338 e. The maximum absolute atomic E-state index is 12.1. The van der Waals surface area contributed by atoms with Crippen LogP contribution < -0.4 is 21.3 Å². The summed E-state index contributed by atoms with van der Waals surface area (Å²) in [7, 11) is 0. The summed E-state index contributed by atoms with van der Waals surface area (Å²) in [4.78, 5) is 24.0. The van der Waals surface area contributed by atoms with Crippen molar-refractivity contribution in [2.45, 2.75) is 25.8 Å². The van der Waals surface area contributed by atoms with Crippen LogP contribution in [-0.2, 0) is 0 Å². The third kappa shape index (κ3) is 7.76. The van der Waals surface area contributed by atoms with Crippen LogP contribution >= 0.6 is 23.2 Å². The van der Waals surface area contributed by atoms with Crippen LogP contribution in [0.2, 0.25) is 10.0 Å². The molecule has 4 N–H and O–H groups in total. The summed E-state index contributed by atoms with van der Waals surface area (Å²) >= 11 is 11.6. The lowest BCUT2D eigenvalue weighted by atomic mass is 10.1. The number of hydrogen-bond donors (Lipinski definition) is 4. The Morgan fingerprint density at radius 1 is 0.852 bits per heavy atom. The van der Waals surface area contributed by atoms with E-state index in [4.69, 9.17) is 23.2 Å². The molecule has 6 nitrogen and oxygen atoms in total. The van der Waals surface area contributed by atoms with Gasteiger partial charge in [-0.2, -0.15) is 0 Å². The van der Waals surface area contributed by atoms with Gasteiger partial charge >= 0.3 is 12.1 Å². The zero-order valence-electron chi connectivity index (χ0n) is 14.9. The Hall–Kier alpha value is -2.44. The molecule has 0 fully saturated rings. The van der Waals surface area contributed by atoms with E-state index in [1.807, 2.05) is 6.92 Å². The largest absolute Gasteiger partial charge is 0.338 e. The lowest BCUT2D eigenvalue weighted by Crippen LogP contribution is -2.40. The van der Waals surface area contributed by atoms with Gasteiger partial charge in [0, 0.05) is 34.0 Å². The Morgan fingerprint density at radius 2 is 1.33 bits per heavy atom. The molecular weight excluding hydrogens is 387 g/mol. The van der Waals surface area contributed by atoms with Crippen LogP contribution in [0.5, 0.6) is 0 Å². The summed E-state index contributed by atoms with van der Waals surface area (Å²) in [5, 5.41) is 12.3. The first-order valence-electron chi connectivity index (χ1n) is 8.59. The van der Waals surface area contributed by atoms with Crippen molar-refractivity contribution in [1.29, 1.82) is 0 Å². The van der Waals surface area contributed by atoms with Crippen molar-refractivity contribution >= 4 is 46.6 Å². The molecule has 0 saturated carbocycles. The van der Waals surface area contributed by atoms with Crippen LogP contribution in [0.15, 0.2) is 48.5 Å². The molecule has 0 radical (unpaired) electrons. The van der Waals surface area contributed by atoms with Gasteiger partial charge in [-0.25, -0.2) is 9.59 Å². The molecule has 0 aliphatic rings. The van der Waals surface area contributed by atoms with Crippen molar-refractivity contribution in [1.82, 2.24) is 10.6 Å². The van der Waals surface area contributed by atoms with E-state index >= 15 is 0 Å². The van der Waals surface area contributed by atoms with Crippen molar-refractivity contribution in [3.8, 4) is 0 Å². The molecule has 2 aromatic carbocycles. The number of benzene rings is 2. The molecule has 8 heteroatoms. The molecule has 1 atom stereocenters. The van der Waals surface area contributed by atoms with Crippen LogP contribution in [0.1, 0.15) is 19.8 Å². The minimum atomic E-state index is -0.308. The molecule has 0 aliphatic carbocycles. The molecule has 144 valence electrons. The standard InChI is InChI=1S/C19H22Cl2N4O2/c1-2-15(23-19(27)25-17-9-5-14(21)6-10-17)11-12-22-18(26)24-16-7-3-13(20)4-8-16/h3-10,15H,2,11-12H2,1H3,(H2,22,24,26)(H2,23,25,27). The number of rotatable bonds is 7. The molecule has 0 spiro atoms. The number of halogens is 2. The van der Waals surface area contributed by atoms with Crippen LogP contribution in [0, 0.1) is 0 Å². The average Bonchev–Trinajstić information content (AvgIpc) is 2.64. The molecule has 4 amide bonds. The highest BCUT2D eigenvalue weighted by Gasteiger charge is 2.11. The average molecular weight is 409 g/mol. The molecule has 0 heterocycles. The van der Waals surface area contributed by atoms with Crippen molar-refractivity contribution in [3.63, 3.8) is 0 Å². The number of carbonyl (C=O) groups excluding carboxylic acids is 2. The number of amides is 4. The van der Waals surface area contributed by atoms with E-state index in [2.05, 4.69) is 21.3 Å². The highest BCUT2D eigenvalue weighted by Crippen LogP contribution is 2.14. The first kappa shape index (κ1) is 20.9. The van der Waals surface area contributed by atoms with Gasteiger partial charge < -0.3 is 21.3 Å². The van der Waals surface area contributed by atoms with Gasteiger partial charge in [-0.15, -0.1) is 0 Å². The van der Waals surface area contributed by atoms with Gasteiger partial charge in [0.15, 0.2) is 0 Å². The summed E-state index contributed by atoms with van der Waals surface area (Å²) in [6.45, 7) is 2.40. The van der Waals surface area contributed by atoms with Crippen LogP contribution in [0.4, 0.5) is 21.0 Å². The first-order valence-corrected chi connectivity index (χ1v) is 9.35. The number of nitrogens with one attached hydrogen (secondary N) is 4. The fraction of sp³-hybridized carbons (Fsp3) is 0.263. The third-order valence-corrected chi connectivity index (χ3v) is 4.31. The topological polar surface area (TPSA) is 82.3 Å². The molecule has 0 saturated heterocycles. The minimum absolute atomic E-state index is 0.0619. The smallest absolute Gasteiger partial charge is 0.319 e. The van der Waals surface area contributed by atoms with E-state index in [0.717, 1.165) is 6.42 Å². The molecule has 0 bridgehead atoms. The van der Waals surface area contributed by atoms with Gasteiger partial charge in [-0.3, -0.25) is 0 Å². The second-order valence-electron chi connectivity index (χ2n) is 5.89. The highest BCUT2D eigenvalue weighted by molar-refractivity contribution is 6.30. The maximum Gasteiger partial charge on any atom is 0.319 e. The zero-order valence-corrected chi connectivity index (χ0v) is 16.4. The van der Waals surface area contributed by atoms with Crippen molar-refractivity contribution in [2.75, 3.05) is 17.2 Å². The van der Waals surface area contributed by atoms with E-state index in [9.17, 15) is 9.59 Å². The van der Waals surface area contributed by atoms with Crippen LogP contribution in [0.3, 0.4) is 0 Å². The summed E-state index contributed by atoms with van der Waals surface area (Å²) in [5.74, 6) is 0. The summed E-state index contributed by atoms with van der Waals surface area (Å²) < 4.78 is 0. The fourth-order valence-corrected chi connectivity index (χ4v) is 2.58. The van der Waals surface area contributed by atoms with Gasteiger partial charge in [0.2, 0.25) is 0 Å².